The second-order valence-electron chi connectivity index (χ2n) is 3.59. The van der Waals surface area contributed by atoms with Gasteiger partial charge in [0.25, 0.3) is 26.2 Å². The summed E-state index contributed by atoms with van der Waals surface area (Å²) in [5.41, 5.74) is -3.83. The van der Waals surface area contributed by atoms with Gasteiger partial charge >= 0.3 is 29.6 Å². The molecule has 0 amide bonds. The second kappa shape index (κ2) is 9.17. The van der Waals surface area contributed by atoms with Crippen molar-refractivity contribution < 1.29 is 55.0 Å². The average molecular weight is 446 g/mol. The molecule has 1 aromatic rings. The Morgan fingerprint density at radius 3 is 0.913 bits per heavy atom. The van der Waals surface area contributed by atoms with Crippen LogP contribution in [0.3, 0.4) is 0 Å². The van der Waals surface area contributed by atoms with Crippen molar-refractivity contribution >= 4 is 96.8 Å². The zero-order valence-corrected chi connectivity index (χ0v) is 17.6. The first-order chi connectivity index (χ1) is 10.0. The van der Waals surface area contributed by atoms with E-state index in [9.17, 15) is 24.0 Å². The maximum absolute atomic E-state index is 11.6. The SMILES string of the molecule is O=C(Cl)c1c(S)c(C(=O)Cl)c(C(=O)Cl)c(C(=O)Cl)c1C(=O)Cl.[H-].[Na+]. The Labute approximate surface area is 183 Å². The molecule has 0 aliphatic rings. The van der Waals surface area contributed by atoms with Gasteiger partial charge in [-0.2, -0.15) is 0 Å². The number of hydrogen-bond acceptors (Lipinski definition) is 6. The van der Waals surface area contributed by atoms with Gasteiger partial charge in [0.15, 0.2) is 0 Å². The molecule has 0 aliphatic carbocycles. The van der Waals surface area contributed by atoms with Gasteiger partial charge in [-0.3, -0.25) is 24.0 Å². The van der Waals surface area contributed by atoms with Crippen LogP contribution in [-0.4, -0.2) is 26.2 Å². The minimum absolute atomic E-state index is 0. The van der Waals surface area contributed by atoms with Crippen LogP contribution in [0, 0.1) is 0 Å². The summed E-state index contributed by atoms with van der Waals surface area (Å²) in [6, 6.07) is 0. The van der Waals surface area contributed by atoms with Crippen LogP contribution in [0.25, 0.3) is 0 Å². The van der Waals surface area contributed by atoms with Gasteiger partial charge in [0.05, 0.1) is 27.8 Å². The summed E-state index contributed by atoms with van der Waals surface area (Å²) in [6.07, 6.45) is 0. The molecular formula is C11H2Cl5NaO5S. The first-order valence-electron chi connectivity index (χ1n) is 4.94. The van der Waals surface area contributed by atoms with Crippen LogP contribution in [0.15, 0.2) is 4.90 Å². The molecule has 0 bridgehead atoms. The van der Waals surface area contributed by atoms with Gasteiger partial charge < -0.3 is 1.43 Å². The number of thiol groups is 1. The van der Waals surface area contributed by atoms with Gasteiger partial charge in [0, 0.05) is 4.90 Å². The Morgan fingerprint density at radius 1 is 0.565 bits per heavy atom. The predicted octanol–water partition coefficient (Wildman–Crippen LogP) is 0.987. The van der Waals surface area contributed by atoms with Gasteiger partial charge in [-0.15, -0.1) is 12.6 Å². The first kappa shape index (κ1) is 23.4. The van der Waals surface area contributed by atoms with Crippen LogP contribution in [0.1, 0.15) is 53.2 Å². The minimum atomic E-state index is -1.38. The van der Waals surface area contributed by atoms with Crippen LogP contribution in [0.4, 0.5) is 0 Å². The van der Waals surface area contributed by atoms with E-state index in [-0.39, 0.29) is 31.0 Å². The summed E-state index contributed by atoms with van der Waals surface area (Å²) in [4.78, 5) is 57.1. The Balaban J connectivity index is 0. The van der Waals surface area contributed by atoms with Crippen molar-refractivity contribution in [3.8, 4) is 0 Å². The molecule has 0 radical (unpaired) electrons. The zero-order valence-electron chi connectivity index (χ0n) is 11.9. The van der Waals surface area contributed by atoms with Crippen molar-refractivity contribution in [3.05, 3.63) is 27.8 Å². The van der Waals surface area contributed by atoms with Gasteiger partial charge in [0.1, 0.15) is 0 Å². The molecule has 0 saturated heterocycles. The third kappa shape index (κ3) is 4.71. The van der Waals surface area contributed by atoms with Crippen molar-refractivity contribution in [1.29, 1.82) is 0 Å². The molecule has 0 aromatic heterocycles. The summed E-state index contributed by atoms with van der Waals surface area (Å²) >= 11 is 30.4. The maximum atomic E-state index is 11.6. The number of carbonyl (C=O) groups is 5. The molecule has 12 heteroatoms. The molecule has 1 aromatic carbocycles. The molecule has 23 heavy (non-hydrogen) atoms. The molecule has 0 heterocycles. The van der Waals surface area contributed by atoms with Crippen molar-refractivity contribution in [1.82, 2.24) is 0 Å². The zero-order chi connectivity index (χ0) is 17.4. The number of rotatable bonds is 5. The monoisotopic (exact) mass is 444 g/mol. The van der Waals surface area contributed by atoms with E-state index in [1.54, 1.807) is 0 Å². The number of halogens is 5. The fourth-order valence-corrected chi connectivity index (χ4v) is 3.21. The van der Waals surface area contributed by atoms with E-state index in [4.69, 9.17) is 58.0 Å². The average Bonchev–Trinajstić information content (AvgIpc) is 2.34. The standard InChI is InChI=1S/C11HCl5O5S.Na.H/c12-7(17)1-2(8(13)18)4(10(15)20)6(22)5(11(16)21)3(1)9(14)19;;/h22H;;/q;+1;-1. The fourth-order valence-electron chi connectivity index (χ4n) is 1.71. The van der Waals surface area contributed by atoms with Crippen LogP contribution in [0.2, 0.25) is 0 Å². The second-order valence-corrected chi connectivity index (χ2v) is 5.76. The number of hydrogen-bond donors (Lipinski definition) is 1. The van der Waals surface area contributed by atoms with E-state index in [0.29, 0.717) is 0 Å². The molecule has 5 nitrogen and oxygen atoms in total. The third-order valence-electron chi connectivity index (χ3n) is 2.46. The van der Waals surface area contributed by atoms with Crippen molar-refractivity contribution in [2.24, 2.45) is 0 Å². The number of carbonyl (C=O) groups excluding carboxylic acids is 5. The Kier molecular flexibility index (Phi) is 9.32. The van der Waals surface area contributed by atoms with E-state index < -0.39 is 58.9 Å². The Morgan fingerprint density at radius 2 is 0.739 bits per heavy atom. The van der Waals surface area contributed by atoms with Gasteiger partial charge in [-0.05, 0) is 58.0 Å². The van der Waals surface area contributed by atoms with E-state index in [1.807, 2.05) is 0 Å². The van der Waals surface area contributed by atoms with Crippen LogP contribution >= 0.6 is 70.6 Å². The first-order valence-corrected chi connectivity index (χ1v) is 7.28. The van der Waals surface area contributed by atoms with E-state index in [2.05, 4.69) is 12.6 Å². The van der Waals surface area contributed by atoms with Crippen molar-refractivity contribution in [2.75, 3.05) is 0 Å². The molecule has 0 atom stereocenters. The predicted molar refractivity (Wildman–Crippen MR) is 85.7 cm³/mol. The van der Waals surface area contributed by atoms with E-state index in [0.717, 1.165) is 0 Å². The molecule has 0 aliphatic heterocycles. The normalized spacial score (nSPS) is 9.83. The number of benzene rings is 1. The summed E-state index contributed by atoms with van der Waals surface area (Å²) in [5.74, 6) is 0. The van der Waals surface area contributed by atoms with Gasteiger partial charge in [-0.1, -0.05) is 0 Å². The molecule has 0 unspecified atom stereocenters. The molecule has 0 N–H and O–H groups in total. The Bertz CT molecular complexity index is 717. The molecule has 0 saturated carbocycles. The van der Waals surface area contributed by atoms with Gasteiger partial charge in [-0.25, -0.2) is 0 Å². The summed E-state index contributed by atoms with van der Waals surface area (Å²) in [7, 11) is 0. The molecule has 0 spiro atoms. The molecule has 1 rings (SSSR count). The fraction of sp³-hybridized carbons (Fsp3) is 0. The summed E-state index contributed by atoms with van der Waals surface area (Å²) in [5, 5.41) is -6.60. The summed E-state index contributed by atoms with van der Waals surface area (Å²) in [6.45, 7) is 0. The molecular weight excluding hydrogens is 444 g/mol. The van der Waals surface area contributed by atoms with E-state index >= 15 is 0 Å². The van der Waals surface area contributed by atoms with Crippen molar-refractivity contribution in [2.45, 2.75) is 4.90 Å². The smallest absolute Gasteiger partial charge is 1.00 e. The molecule has 118 valence electrons. The van der Waals surface area contributed by atoms with E-state index in [1.165, 1.54) is 0 Å². The summed E-state index contributed by atoms with van der Waals surface area (Å²) < 4.78 is 0. The Hall–Kier alpha value is 0.370. The minimum Gasteiger partial charge on any atom is -1.00 e. The van der Waals surface area contributed by atoms with Crippen LogP contribution < -0.4 is 29.6 Å². The van der Waals surface area contributed by atoms with Crippen molar-refractivity contribution in [3.63, 3.8) is 0 Å². The largest absolute Gasteiger partial charge is 1.00 e. The third-order valence-corrected chi connectivity index (χ3v) is 3.85. The van der Waals surface area contributed by atoms with Crippen LogP contribution in [0.5, 0.6) is 0 Å². The quantitative estimate of drug-likeness (QED) is 0.414. The van der Waals surface area contributed by atoms with Gasteiger partial charge in [0.2, 0.25) is 0 Å². The van der Waals surface area contributed by atoms with Crippen LogP contribution in [-0.2, 0) is 0 Å². The molecule has 0 fully saturated rings. The maximum Gasteiger partial charge on any atom is 1.00 e. The topological polar surface area (TPSA) is 85.3 Å².